The minimum atomic E-state index is -0.140. The van der Waals surface area contributed by atoms with Crippen molar-refractivity contribution in [2.45, 2.75) is 39.3 Å². The van der Waals surface area contributed by atoms with E-state index >= 15 is 0 Å². The van der Waals surface area contributed by atoms with Gasteiger partial charge in [0, 0.05) is 18.8 Å². The first-order chi connectivity index (χ1) is 10.5. The number of nitrogens with two attached hydrogens (primary N) is 1. The molecule has 0 fully saturated rings. The van der Waals surface area contributed by atoms with Gasteiger partial charge in [-0.15, -0.1) is 0 Å². The number of rotatable bonds is 6. The molecule has 0 spiro atoms. The van der Waals surface area contributed by atoms with Crippen molar-refractivity contribution < 1.29 is 4.74 Å². The molecule has 4 heteroatoms. The van der Waals surface area contributed by atoms with Gasteiger partial charge in [0.25, 0.3) is 5.56 Å². The van der Waals surface area contributed by atoms with Gasteiger partial charge in [0.2, 0.25) is 0 Å². The summed E-state index contributed by atoms with van der Waals surface area (Å²) < 4.78 is 7.29. The van der Waals surface area contributed by atoms with E-state index in [4.69, 9.17) is 10.5 Å². The minimum absolute atomic E-state index is 0.0404. The standard InChI is InChI=1S/C18H24N2O2/c1-13(2)16-8-6-15(7-9-16)12-22-17-5-4-10-20(18(17)21)14(3)11-19/h4-10,13-14H,11-12,19H2,1-3H3. The van der Waals surface area contributed by atoms with Gasteiger partial charge in [-0.3, -0.25) is 4.79 Å². The van der Waals surface area contributed by atoms with E-state index in [9.17, 15) is 4.79 Å². The van der Waals surface area contributed by atoms with Crippen molar-refractivity contribution in [2.75, 3.05) is 6.54 Å². The van der Waals surface area contributed by atoms with Gasteiger partial charge in [0.1, 0.15) is 6.61 Å². The van der Waals surface area contributed by atoms with Crippen LogP contribution in [0.5, 0.6) is 5.75 Å². The van der Waals surface area contributed by atoms with E-state index in [1.54, 1.807) is 16.8 Å². The number of benzene rings is 1. The van der Waals surface area contributed by atoms with Crippen LogP contribution in [0.2, 0.25) is 0 Å². The second-order valence-electron chi connectivity index (χ2n) is 5.85. The Morgan fingerprint density at radius 3 is 2.41 bits per heavy atom. The van der Waals surface area contributed by atoms with Crippen LogP contribution in [0.3, 0.4) is 0 Å². The molecule has 1 heterocycles. The Hall–Kier alpha value is -2.07. The highest BCUT2D eigenvalue weighted by Crippen LogP contribution is 2.16. The normalized spacial score (nSPS) is 12.4. The van der Waals surface area contributed by atoms with Crippen LogP contribution in [0.15, 0.2) is 47.4 Å². The smallest absolute Gasteiger partial charge is 0.293 e. The van der Waals surface area contributed by atoms with Crippen molar-refractivity contribution in [1.29, 1.82) is 0 Å². The second-order valence-corrected chi connectivity index (χ2v) is 5.85. The van der Waals surface area contributed by atoms with Gasteiger partial charge in [-0.1, -0.05) is 38.1 Å². The maximum Gasteiger partial charge on any atom is 0.293 e. The van der Waals surface area contributed by atoms with Gasteiger partial charge >= 0.3 is 0 Å². The van der Waals surface area contributed by atoms with Crippen LogP contribution in [0.4, 0.5) is 0 Å². The van der Waals surface area contributed by atoms with Crippen LogP contribution in [0, 0.1) is 0 Å². The number of ether oxygens (including phenoxy) is 1. The molecular formula is C18H24N2O2. The molecule has 0 aliphatic rings. The average Bonchev–Trinajstić information content (AvgIpc) is 2.53. The summed E-state index contributed by atoms with van der Waals surface area (Å²) in [6, 6.07) is 11.8. The molecular weight excluding hydrogens is 276 g/mol. The highest BCUT2D eigenvalue weighted by Gasteiger charge is 2.09. The first-order valence-corrected chi connectivity index (χ1v) is 7.65. The Bertz CT molecular complexity index is 660. The zero-order chi connectivity index (χ0) is 16.1. The Morgan fingerprint density at radius 2 is 1.82 bits per heavy atom. The fourth-order valence-electron chi connectivity index (χ4n) is 2.22. The lowest BCUT2D eigenvalue weighted by molar-refractivity contribution is 0.297. The highest BCUT2D eigenvalue weighted by atomic mass is 16.5. The van der Waals surface area contributed by atoms with Crippen molar-refractivity contribution >= 4 is 0 Å². The Morgan fingerprint density at radius 1 is 1.14 bits per heavy atom. The summed E-state index contributed by atoms with van der Waals surface area (Å²) in [5.74, 6) is 0.866. The fourth-order valence-corrected chi connectivity index (χ4v) is 2.22. The van der Waals surface area contributed by atoms with Crippen LogP contribution < -0.4 is 16.0 Å². The molecule has 4 nitrogen and oxygen atoms in total. The molecule has 0 saturated carbocycles. The van der Waals surface area contributed by atoms with Crippen molar-refractivity contribution in [2.24, 2.45) is 5.73 Å². The second kappa shape index (κ2) is 7.27. The third kappa shape index (κ3) is 3.77. The zero-order valence-electron chi connectivity index (χ0n) is 13.5. The van der Waals surface area contributed by atoms with Gasteiger partial charge < -0.3 is 15.0 Å². The van der Waals surface area contributed by atoms with Gasteiger partial charge in [0.05, 0.1) is 0 Å². The zero-order valence-corrected chi connectivity index (χ0v) is 13.5. The van der Waals surface area contributed by atoms with E-state index in [2.05, 4.69) is 26.0 Å². The van der Waals surface area contributed by atoms with E-state index in [0.29, 0.717) is 24.8 Å². The molecule has 2 rings (SSSR count). The lowest BCUT2D eigenvalue weighted by Crippen LogP contribution is -2.28. The lowest BCUT2D eigenvalue weighted by atomic mass is 10.0. The van der Waals surface area contributed by atoms with E-state index < -0.39 is 0 Å². The SMILES string of the molecule is CC(C)c1ccc(COc2cccn(C(C)CN)c2=O)cc1. The molecule has 0 aliphatic carbocycles. The topological polar surface area (TPSA) is 57.2 Å². The van der Waals surface area contributed by atoms with E-state index in [1.165, 1.54) is 5.56 Å². The number of nitrogens with zero attached hydrogens (tertiary/aromatic N) is 1. The van der Waals surface area contributed by atoms with Crippen LogP contribution in [0.25, 0.3) is 0 Å². The molecule has 118 valence electrons. The van der Waals surface area contributed by atoms with Gasteiger partial charge in [-0.2, -0.15) is 0 Å². The summed E-state index contributed by atoms with van der Waals surface area (Å²) in [4.78, 5) is 12.3. The maximum atomic E-state index is 12.3. The summed E-state index contributed by atoms with van der Waals surface area (Å²) in [6.07, 6.45) is 1.74. The molecule has 22 heavy (non-hydrogen) atoms. The van der Waals surface area contributed by atoms with Gasteiger partial charge in [-0.05, 0) is 36.1 Å². The summed E-state index contributed by atoms with van der Waals surface area (Å²) in [7, 11) is 0. The van der Waals surface area contributed by atoms with Crippen molar-refractivity contribution in [3.8, 4) is 5.75 Å². The summed E-state index contributed by atoms with van der Waals surface area (Å²) in [5.41, 5.74) is 7.83. The van der Waals surface area contributed by atoms with Crippen LogP contribution in [-0.2, 0) is 6.61 Å². The lowest BCUT2D eigenvalue weighted by Gasteiger charge is -2.14. The molecule has 0 radical (unpaired) electrons. The Balaban J connectivity index is 2.10. The monoisotopic (exact) mass is 300 g/mol. The third-order valence-electron chi connectivity index (χ3n) is 3.80. The third-order valence-corrected chi connectivity index (χ3v) is 3.80. The van der Waals surface area contributed by atoms with Gasteiger partial charge in [0.15, 0.2) is 5.75 Å². The van der Waals surface area contributed by atoms with Crippen molar-refractivity contribution in [1.82, 2.24) is 4.57 Å². The number of hydrogen-bond donors (Lipinski definition) is 1. The molecule has 1 aromatic heterocycles. The van der Waals surface area contributed by atoms with E-state index in [0.717, 1.165) is 5.56 Å². The summed E-state index contributed by atoms with van der Waals surface area (Å²) >= 11 is 0. The number of pyridine rings is 1. The van der Waals surface area contributed by atoms with Crippen LogP contribution in [0.1, 0.15) is 43.9 Å². The Kier molecular flexibility index (Phi) is 5.39. The fraction of sp³-hybridized carbons (Fsp3) is 0.389. The molecule has 2 N–H and O–H groups in total. The number of hydrogen-bond acceptors (Lipinski definition) is 3. The Labute approximate surface area is 131 Å². The molecule has 2 aromatic rings. The predicted octanol–water partition coefficient (Wildman–Crippen LogP) is 3.07. The largest absolute Gasteiger partial charge is 0.483 e. The first kappa shape index (κ1) is 16.3. The summed E-state index contributed by atoms with van der Waals surface area (Å²) in [5, 5.41) is 0. The summed E-state index contributed by atoms with van der Waals surface area (Å²) in [6.45, 7) is 7.04. The highest BCUT2D eigenvalue weighted by molar-refractivity contribution is 5.25. The molecule has 0 amide bonds. The van der Waals surface area contributed by atoms with Gasteiger partial charge in [-0.25, -0.2) is 0 Å². The van der Waals surface area contributed by atoms with E-state index in [-0.39, 0.29) is 11.6 Å². The van der Waals surface area contributed by atoms with E-state index in [1.807, 2.05) is 25.1 Å². The van der Waals surface area contributed by atoms with Crippen LogP contribution >= 0.6 is 0 Å². The molecule has 1 aromatic carbocycles. The van der Waals surface area contributed by atoms with Crippen molar-refractivity contribution in [3.63, 3.8) is 0 Å². The molecule has 0 aliphatic heterocycles. The maximum absolute atomic E-state index is 12.3. The van der Waals surface area contributed by atoms with Crippen molar-refractivity contribution in [3.05, 3.63) is 64.1 Å². The first-order valence-electron chi connectivity index (χ1n) is 7.65. The van der Waals surface area contributed by atoms with Crippen LogP contribution in [-0.4, -0.2) is 11.1 Å². The molecule has 1 unspecified atom stereocenters. The number of aromatic nitrogens is 1. The molecule has 0 saturated heterocycles. The molecule has 1 atom stereocenters. The minimum Gasteiger partial charge on any atom is -0.483 e. The predicted molar refractivity (Wildman–Crippen MR) is 89.3 cm³/mol. The average molecular weight is 300 g/mol. The quantitative estimate of drug-likeness (QED) is 0.892. The molecule has 0 bridgehead atoms.